The third-order valence-electron chi connectivity index (χ3n) is 3.26. The molecule has 0 radical (unpaired) electrons. The Balaban J connectivity index is 1.99. The number of carbonyl (C=O) groups is 1. The molecule has 0 aliphatic rings. The molecule has 2 aromatic carbocycles. The summed E-state index contributed by atoms with van der Waals surface area (Å²) in [7, 11) is 2.98. The second kappa shape index (κ2) is 7.95. The molecule has 0 bridgehead atoms. The van der Waals surface area contributed by atoms with Gasteiger partial charge in [-0.3, -0.25) is 14.9 Å². The fourth-order valence-corrected chi connectivity index (χ4v) is 2.06. The van der Waals surface area contributed by atoms with Gasteiger partial charge in [0.25, 0.3) is 0 Å². The first-order chi connectivity index (χ1) is 11.9. The van der Waals surface area contributed by atoms with E-state index in [2.05, 4.69) is 10.6 Å². The van der Waals surface area contributed by atoms with Crippen molar-refractivity contribution < 1.29 is 23.6 Å². The number of nitro groups is 1. The maximum atomic E-state index is 13.3. The number of halogens is 1. The van der Waals surface area contributed by atoms with Crippen molar-refractivity contribution in [1.29, 1.82) is 0 Å². The Hall–Kier alpha value is -3.36. The Morgan fingerprint density at radius 2 is 1.80 bits per heavy atom. The number of hydrogen-bond donors (Lipinski definition) is 2. The molecule has 2 aromatic rings. The Bertz CT molecular complexity index is 797. The molecule has 1 amide bonds. The van der Waals surface area contributed by atoms with Gasteiger partial charge in [0.15, 0.2) is 11.5 Å². The molecule has 2 rings (SSSR count). The molecule has 25 heavy (non-hydrogen) atoms. The molecule has 0 aliphatic carbocycles. The van der Waals surface area contributed by atoms with Crippen molar-refractivity contribution in [1.82, 2.24) is 0 Å². The van der Waals surface area contributed by atoms with Crippen LogP contribution in [0, 0.1) is 15.9 Å². The molecule has 0 fully saturated rings. The van der Waals surface area contributed by atoms with Crippen LogP contribution in [-0.2, 0) is 4.79 Å². The SMILES string of the molecule is COc1ccc(NC(=O)CNc2ccc(F)c([N+](=O)[O-])c2)cc1OC. The molecule has 0 aliphatic heterocycles. The average Bonchev–Trinajstić information content (AvgIpc) is 2.60. The van der Waals surface area contributed by atoms with Gasteiger partial charge in [-0.15, -0.1) is 0 Å². The predicted molar refractivity (Wildman–Crippen MR) is 89.7 cm³/mol. The smallest absolute Gasteiger partial charge is 0.306 e. The van der Waals surface area contributed by atoms with Gasteiger partial charge in [-0.1, -0.05) is 0 Å². The van der Waals surface area contributed by atoms with Crippen LogP contribution in [0.15, 0.2) is 36.4 Å². The number of anilines is 2. The van der Waals surface area contributed by atoms with Crippen molar-refractivity contribution in [2.45, 2.75) is 0 Å². The molecule has 132 valence electrons. The summed E-state index contributed by atoms with van der Waals surface area (Å²) in [6.45, 7) is -0.156. The van der Waals surface area contributed by atoms with Crippen LogP contribution >= 0.6 is 0 Å². The zero-order valence-corrected chi connectivity index (χ0v) is 13.5. The number of methoxy groups -OCH3 is 2. The lowest BCUT2D eigenvalue weighted by molar-refractivity contribution is -0.387. The molecular formula is C16H16FN3O5. The molecule has 0 unspecified atom stereocenters. The highest BCUT2D eigenvalue weighted by Crippen LogP contribution is 2.29. The van der Waals surface area contributed by atoms with Crippen LogP contribution in [0.4, 0.5) is 21.5 Å². The molecule has 0 spiro atoms. The van der Waals surface area contributed by atoms with Crippen LogP contribution in [0.2, 0.25) is 0 Å². The lowest BCUT2D eigenvalue weighted by Gasteiger charge is -2.11. The second-order valence-corrected chi connectivity index (χ2v) is 4.89. The molecule has 0 saturated heterocycles. The molecule has 2 N–H and O–H groups in total. The lowest BCUT2D eigenvalue weighted by atomic mass is 10.2. The molecule has 0 heterocycles. The standard InChI is InChI=1S/C16H16FN3O5/c1-24-14-6-4-11(8-15(14)25-2)19-16(21)9-18-10-3-5-12(17)13(7-10)20(22)23/h3-8,18H,9H2,1-2H3,(H,19,21). The number of rotatable bonds is 7. The maximum Gasteiger partial charge on any atom is 0.306 e. The zero-order valence-electron chi connectivity index (χ0n) is 13.5. The van der Waals surface area contributed by atoms with Crippen LogP contribution in [0.3, 0.4) is 0 Å². The highest BCUT2D eigenvalue weighted by molar-refractivity contribution is 5.94. The maximum absolute atomic E-state index is 13.3. The van der Waals surface area contributed by atoms with E-state index in [1.165, 1.54) is 20.3 Å². The Morgan fingerprint density at radius 3 is 2.44 bits per heavy atom. The molecule has 0 saturated carbocycles. The quantitative estimate of drug-likeness (QED) is 0.588. The van der Waals surface area contributed by atoms with Crippen LogP contribution in [0.25, 0.3) is 0 Å². The largest absolute Gasteiger partial charge is 0.493 e. The minimum absolute atomic E-state index is 0.156. The van der Waals surface area contributed by atoms with Crippen LogP contribution < -0.4 is 20.1 Å². The number of nitro benzene ring substituents is 1. The fraction of sp³-hybridized carbons (Fsp3) is 0.188. The van der Waals surface area contributed by atoms with Gasteiger partial charge in [0, 0.05) is 23.5 Å². The van der Waals surface area contributed by atoms with E-state index in [-0.39, 0.29) is 18.1 Å². The van der Waals surface area contributed by atoms with E-state index in [9.17, 15) is 19.3 Å². The first-order valence-electron chi connectivity index (χ1n) is 7.14. The van der Waals surface area contributed by atoms with Gasteiger partial charge in [0.05, 0.1) is 25.7 Å². The molecule has 0 atom stereocenters. The minimum Gasteiger partial charge on any atom is -0.493 e. The Morgan fingerprint density at radius 1 is 1.12 bits per heavy atom. The summed E-state index contributed by atoms with van der Waals surface area (Å²) in [6, 6.07) is 8.18. The second-order valence-electron chi connectivity index (χ2n) is 4.89. The average molecular weight is 349 g/mol. The van der Waals surface area contributed by atoms with E-state index in [0.717, 1.165) is 12.1 Å². The van der Waals surface area contributed by atoms with Crippen molar-refractivity contribution in [3.05, 3.63) is 52.3 Å². The lowest BCUT2D eigenvalue weighted by Crippen LogP contribution is -2.21. The minimum atomic E-state index is -0.940. The third kappa shape index (κ3) is 4.56. The van der Waals surface area contributed by atoms with Crippen molar-refractivity contribution in [2.24, 2.45) is 0 Å². The van der Waals surface area contributed by atoms with Gasteiger partial charge in [0.2, 0.25) is 11.7 Å². The number of ether oxygens (including phenoxy) is 2. The van der Waals surface area contributed by atoms with Crippen molar-refractivity contribution in [3.63, 3.8) is 0 Å². The summed E-state index contributed by atoms with van der Waals surface area (Å²) in [5.74, 6) is -0.343. The van der Waals surface area contributed by atoms with Gasteiger partial charge in [-0.2, -0.15) is 4.39 Å². The Labute approximate surface area is 142 Å². The normalized spacial score (nSPS) is 10.0. The van der Waals surface area contributed by atoms with E-state index in [0.29, 0.717) is 17.2 Å². The molecular weight excluding hydrogens is 333 g/mol. The molecule has 8 nitrogen and oxygen atoms in total. The van der Waals surface area contributed by atoms with Gasteiger partial charge < -0.3 is 20.1 Å². The van der Waals surface area contributed by atoms with E-state index in [1.54, 1.807) is 18.2 Å². The van der Waals surface area contributed by atoms with E-state index in [1.807, 2.05) is 0 Å². The monoisotopic (exact) mass is 349 g/mol. The van der Waals surface area contributed by atoms with E-state index >= 15 is 0 Å². The van der Waals surface area contributed by atoms with Crippen LogP contribution in [-0.4, -0.2) is 31.6 Å². The fourth-order valence-electron chi connectivity index (χ4n) is 2.06. The van der Waals surface area contributed by atoms with Crippen molar-refractivity contribution in [2.75, 3.05) is 31.4 Å². The highest BCUT2D eigenvalue weighted by atomic mass is 19.1. The van der Waals surface area contributed by atoms with Crippen molar-refractivity contribution in [3.8, 4) is 11.5 Å². The Kier molecular flexibility index (Phi) is 5.72. The van der Waals surface area contributed by atoms with Crippen LogP contribution in [0.1, 0.15) is 0 Å². The highest BCUT2D eigenvalue weighted by Gasteiger charge is 2.14. The number of amides is 1. The number of nitrogens with zero attached hydrogens (tertiary/aromatic N) is 1. The molecule has 9 heteroatoms. The summed E-state index contributed by atoms with van der Waals surface area (Å²) in [6.07, 6.45) is 0. The number of benzene rings is 2. The van der Waals surface area contributed by atoms with Crippen LogP contribution in [0.5, 0.6) is 11.5 Å². The number of nitrogens with one attached hydrogen (secondary N) is 2. The topological polar surface area (TPSA) is 103 Å². The predicted octanol–water partition coefficient (Wildman–Crippen LogP) is 2.80. The number of hydrogen-bond acceptors (Lipinski definition) is 6. The van der Waals surface area contributed by atoms with Gasteiger partial charge in [-0.05, 0) is 24.3 Å². The van der Waals surface area contributed by atoms with Gasteiger partial charge >= 0.3 is 5.69 Å². The van der Waals surface area contributed by atoms with E-state index in [4.69, 9.17) is 9.47 Å². The molecule has 0 aromatic heterocycles. The first-order valence-corrected chi connectivity index (χ1v) is 7.14. The third-order valence-corrected chi connectivity index (χ3v) is 3.26. The summed E-state index contributed by atoms with van der Waals surface area (Å²) in [5.41, 5.74) is 0.0930. The van der Waals surface area contributed by atoms with Gasteiger partial charge in [0.1, 0.15) is 0 Å². The van der Waals surface area contributed by atoms with Gasteiger partial charge in [-0.25, -0.2) is 0 Å². The zero-order chi connectivity index (χ0) is 18.4. The summed E-state index contributed by atoms with van der Waals surface area (Å²) in [4.78, 5) is 21.8. The summed E-state index contributed by atoms with van der Waals surface area (Å²) >= 11 is 0. The summed E-state index contributed by atoms with van der Waals surface area (Å²) < 4.78 is 23.5. The summed E-state index contributed by atoms with van der Waals surface area (Å²) in [5, 5.41) is 16.0. The van der Waals surface area contributed by atoms with E-state index < -0.39 is 16.4 Å². The van der Waals surface area contributed by atoms with Crippen molar-refractivity contribution >= 4 is 23.0 Å². The number of carbonyl (C=O) groups excluding carboxylic acids is 1. The first kappa shape index (κ1) is 18.0.